The zero-order chi connectivity index (χ0) is 37.6. The molecule has 0 aliphatic heterocycles. The zero-order valence-electron chi connectivity index (χ0n) is 36.1. The van der Waals surface area contributed by atoms with Crippen molar-refractivity contribution >= 4 is 20.1 Å². The lowest BCUT2D eigenvalue weighted by Crippen LogP contribution is -2.41. The van der Waals surface area contributed by atoms with E-state index < -0.39 is 8.32 Å². The average molecular weight is 748 g/mol. The molecule has 0 bridgehead atoms. The number of allylic oxidation sites excluding steroid dienone is 6. The van der Waals surface area contributed by atoms with Crippen LogP contribution in [0.15, 0.2) is 36.5 Å². The van der Waals surface area contributed by atoms with Crippen LogP contribution in [-0.4, -0.2) is 51.0 Å². The highest BCUT2D eigenvalue weighted by Gasteiger charge is 2.36. The molecule has 0 fully saturated rings. The maximum atomic E-state index is 6.52. The van der Waals surface area contributed by atoms with E-state index in [2.05, 4.69) is 101 Å². The predicted molar refractivity (Wildman–Crippen MR) is 240 cm³/mol. The predicted octanol–water partition coefficient (Wildman–Crippen LogP) is 16.3. The van der Waals surface area contributed by atoms with Crippen molar-refractivity contribution < 1.29 is 4.43 Å². The van der Waals surface area contributed by atoms with Crippen LogP contribution in [0.4, 0.5) is 0 Å². The van der Waals surface area contributed by atoms with Gasteiger partial charge in [0.25, 0.3) is 0 Å². The summed E-state index contributed by atoms with van der Waals surface area (Å²) in [6.07, 6.45) is 51.0. The second-order valence-electron chi connectivity index (χ2n) is 16.9. The van der Waals surface area contributed by atoms with Gasteiger partial charge in [-0.2, -0.15) is 11.8 Å². The van der Waals surface area contributed by atoms with E-state index >= 15 is 0 Å². The summed E-state index contributed by atoms with van der Waals surface area (Å²) in [6, 6.07) is 0. The van der Waals surface area contributed by atoms with E-state index in [9.17, 15) is 0 Å². The Morgan fingerprint density at radius 1 is 0.471 bits per heavy atom. The number of rotatable bonds is 39. The standard InChI is InChI=1S/C47H93NOSSi/c1-8-10-12-14-16-18-20-22-24-26-28-30-32-34-36-38-41-48(42-40-44-49-51(6,7)47(3,4)5)43-46-50-45-39-37-35-33-31-29-27-25-23-21-19-17-15-13-11-9-2/h16,18,22-25H,8-15,17,19-21,26-46H2,1-7H3/b18-16?,24-22?,25-23-. The van der Waals surface area contributed by atoms with E-state index in [1.807, 2.05) is 0 Å². The Balaban J connectivity index is 4.04. The molecule has 0 amide bonds. The van der Waals surface area contributed by atoms with Crippen molar-refractivity contribution in [2.45, 2.75) is 226 Å². The summed E-state index contributed by atoms with van der Waals surface area (Å²) >= 11 is 2.20. The van der Waals surface area contributed by atoms with Crippen LogP contribution in [-0.2, 0) is 4.43 Å². The summed E-state index contributed by atoms with van der Waals surface area (Å²) in [5.41, 5.74) is 0. The molecule has 302 valence electrons. The minimum Gasteiger partial charge on any atom is -0.417 e. The van der Waals surface area contributed by atoms with Crippen molar-refractivity contribution in [1.82, 2.24) is 4.90 Å². The van der Waals surface area contributed by atoms with Crippen LogP contribution in [0.2, 0.25) is 18.1 Å². The number of nitrogens with zero attached hydrogens (tertiary/aromatic N) is 1. The molecule has 4 heteroatoms. The molecule has 0 radical (unpaired) electrons. The monoisotopic (exact) mass is 748 g/mol. The van der Waals surface area contributed by atoms with Gasteiger partial charge in [0.05, 0.1) is 0 Å². The molecule has 0 spiro atoms. The summed E-state index contributed by atoms with van der Waals surface area (Å²) in [5, 5.41) is 0.300. The lowest BCUT2D eigenvalue weighted by molar-refractivity contribution is 0.228. The van der Waals surface area contributed by atoms with Gasteiger partial charge in [0.1, 0.15) is 0 Å². The molecule has 0 atom stereocenters. The smallest absolute Gasteiger partial charge is 0.191 e. The average Bonchev–Trinajstić information content (AvgIpc) is 3.10. The first kappa shape index (κ1) is 50.7. The molecule has 2 nitrogen and oxygen atoms in total. The van der Waals surface area contributed by atoms with E-state index in [1.54, 1.807) is 0 Å². The highest BCUT2D eigenvalue weighted by Crippen LogP contribution is 2.36. The van der Waals surface area contributed by atoms with Crippen molar-refractivity contribution in [3.63, 3.8) is 0 Å². The number of hydrogen-bond donors (Lipinski definition) is 0. The molecular formula is C47H93NOSSi. The van der Waals surface area contributed by atoms with Gasteiger partial charge in [-0.25, -0.2) is 0 Å². The fourth-order valence-corrected chi connectivity index (χ4v) is 8.33. The molecule has 0 aromatic heterocycles. The van der Waals surface area contributed by atoms with Gasteiger partial charge in [0.2, 0.25) is 0 Å². The molecular weight excluding hydrogens is 655 g/mol. The molecule has 51 heavy (non-hydrogen) atoms. The van der Waals surface area contributed by atoms with Crippen LogP contribution >= 0.6 is 11.8 Å². The Labute approximate surface area is 328 Å². The van der Waals surface area contributed by atoms with E-state index in [-0.39, 0.29) is 0 Å². The minimum absolute atomic E-state index is 0.300. The Morgan fingerprint density at radius 3 is 1.41 bits per heavy atom. The van der Waals surface area contributed by atoms with Crippen molar-refractivity contribution in [2.24, 2.45) is 0 Å². The van der Waals surface area contributed by atoms with Gasteiger partial charge in [-0.05, 0) is 107 Å². The van der Waals surface area contributed by atoms with Crippen LogP contribution in [0.3, 0.4) is 0 Å². The number of thioether (sulfide) groups is 1. The Bertz CT molecular complexity index is 786. The SMILES string of the molecule is CCCCCC=CCC=CCCCCCCCCN(CCCO[Si](C)(C)C(C)(C)C)CCSCCCCCCCC/C=C\CCCCCCCC. The lowest BCUT2D eigenvalue weighted by atomic mass is 10.1. The molecule has 0 aromatic carbocycles. The molecule has 0 aliphatic rings. The highest BCUT2D eigenvalue weighted by molar-refractivity contribution is 7.99. The van der Waals surface area contributed by atoms with Crippen LogP contribution < -0.4 is 0 Å². The molecule has 0 unspecified atom stereocenters. The van der Waals surface area contributed by atoms with Crippen molar-refractivity contribution in [1.29, 1.82) is 0 Å². The highest BCUT2D eigenvalue weighted by atomic mass is 32.2. The van der Waals surface area contributed by atoms with E-state index in [0.29, 0.717) is 5.04 Å². The number of unbranched alkanes of at least 4 members (excludes halogenated alkanes) is 21. The molecule has 0 aliphatic carbocycles. The third-order valence-electron chi connectivity index (χ3n) is 10.9. The molecule has 0 N–H and O–H groups in total. The van der Waals surface area contributed by atoms with Gasteiger partial charge >= 0.3 is 0 Å². The quantitative estimate of drug-likeness (QED) is 0.0353. The van der Waals surface area contributed by atoms with Crippen LogP contribution in [0.25, 0.3) is 0 Å². The topological polar surface area (TPSA) is 12.5 Å². The minimum atomic E-state index is -1.64. The van der Waals surface area contributed by atoms with Crippen molar-refractivity contribution in [3.05, 3.63) is 36.5 Å². The fraction of sp³-hybridized carbons (Fsp3) is 0.872. The van der Waals surface area contributed by atoms with E-state index in [4.69, 9.17) is 4.43 Å². The largest absolute Gasteiger partial charge is 0.417 e. The normalized spacial score (nSPS) is 12.9. The fourth-order valence-electron chi connectivity index (χ4n) is 6.24. The Morgan fingerprint density at radius 2 is 0.882 bits per heavy atom. The molecule has 0 saturated heterocycles. The summed E-state index contributed by atoms with van der Waals surface area (Å²) in [7, 11) is -1.64. The van der Waals surface area contributed by atoms with E-state index in [0.717, 1.165) is 13.0 Å². The number of hydrogen-bond acceptors (Lipinski definition) is 3. The van der Waals surface area contributed by atoms with Crippen LogP contribution in [0, 0.1) is 0 Å². The summed E-state index contributed by atoms with van der Waals surface area (Å²) in [5.74, 6) is 2.63. The third-order valence-corrected chi connectivity index (χ3v) is 16.5. The first-order valence-corrected chi connectivity index (χ1v) is 26.7. The lowest BCUT2D eigenvalue weighted by Gasteiger charge is -2.36. The van der Waals surface area contributed by atoms with Gasteiger partial charge < -0.3 is 9.33 Å². The maximum absolute atomic E-state index is 6.52. The van der Waals surface area contributed by atoms with Gasteiger partial charge in [-0.15, -0.1) is 0 Å². The molecule has 0 saturated carbocycles. The first-order valence-electron chi connectivity index (χ1n) is 22.6. The third kappa shape index (κ3) is 36.5. The Hall–Kier alpha value is -0.293. The van der Waals surface area contributed by atoms with Gasteiger partial charge in [0.15, 0.2) is 8.32 Å². The Kier molecular flexibility index (Phi) is 37.8. The summed E-state index contributed by atoms with van der Waals surface area (Å²) < 4.78 is 6.52. The first-order chi connectivity index (χ1) is 24.7. The molecule has 0 rings (SSSR count). The summed E-state index contributed by atoms with van der Waals surface area (Å²) in [6.45, 7) is 21.1. The van der Waals surface area contributed by atoms with Crippen LogP contribution in [0.5, 0.6) is 0 Å². The second kappa shape index (κ2) is 38.0. The van der Waals surface area contributed by atoms with Crippen molar-refractivity contribution in [3.8, 4) is 0 Å². The van der Waals surface area contributed by atoms with Gasteiger partial charge in [-0.1, -0.05) is 167 Å². The molecule has 0 aromatic rings. The zero-order valence-corrected chi connectivity index (χ0v) is 37.9. The van der Waals surface area contributed by atoms with E-state index in [1.165, 1.54) is 198 Å². The maximum Gasteiger partial charge on any atom is 0.191 e. The van der Waals surface area contributed by atoms with Gasteiger partial charge in [0, 0.05) is 25.4 Å². The van der Waals surface area contributed by atoms with Crippen molar-refractivity contribution in [2.75, 3.05) is 37.7 Å². The summed E-state index contributed by atoms with van der Waals surface area (Å²) in [4.78, 5) is 2.76. The van der Waals surface area contributed by atoms with Gasteiger partial charge in [-0.3, -0.25) is 0 Å². The second-order valence-corrected chi connectivity index (χ2v) is 23.0. The molecule has 0 heterocycles. The van der Waals surface area contributed by atoms with Crippen LogP contribution in [0.1, 0.15) is 208 Å².